The average molecular weight is 1000 g/mol. The highest BCUT2D eigenvalue weighted by Crippen LogP contribution is 2.62. The highest BCUT2D eigenvalue weighted by molar-refractivity contribution is 6.03. The second-order valence-electron chi connectivity index (χ2n) is 18.8. The second-order valence-corrected chi connectivity index (χ2v) is 18.8. The maximum absolute atomic E-state index is 15.3. The van der Waals surface area contributed by atoms with Crippen LogP contribution in [0.15, 0.2) is 120 Å². The van der Waals surface area contributed by atoms with Crippen LogP contribution in [-0.2, 0) is 27.4 Å². The largest absolute Gasteiger partial charge is 0.459 e. The van der Waals surface area contributed by atoms with Crippen molar-refractivity contribution in [2.24, 2.45) is 22.9 Å². The number of nitro benzene ring substituents is 1. The molecular weight excluding hydrogens is 941 g/mol. The molecule has 5 aliphatic rings. The summed E-state index contributed by atoms with van der Waals surface area (Å²) in [6, 6.07) is 24.4. The molecule has 1 saturated carbocycles. The molecule has 0 spiro atoms. The van der Waals surface area contributed by atoms with Crippen molar-refractivity contribution in [3.8, 4) is 28.7 Å². The Morgan fingerprint density at radius 1 is 0.890 bits per heavy atom. The lowest BCUT2D eigenvalue weighted by molar-refractivity contribution is -0.384. The molecule has 386 valence electrons. The zero-order valence-corrected chi connectivity index (χ0v) is 40.6. The molecule has 7 atom stereocenters. The van der Waals surface area contributed by atoms with E-state index in [4.69, 9.17) is 43.2 Å². The molecule has 9 rings (SSSR count). The van der Waals surface area contributed by atoms with E-state index in [1.807, 2.05) is 42.5 Å². The van der Waals surface area contributed by atoms with E-state index in [0.29, 0.717) is 73.7 Å². The standard InChI is InChI=1S/C55H62N4O14/c1-2-27-69-55-49(58(34-37-17-23-47-48(29-37)68-35-67-47)54(63)71-40-20-18-39(19-21-40)59(64)65)32-45(57-73-50-16-8-11-28-66-50)43-30-38(14-6-9-25-60)42(15-7-10-26-61)51(52(43)55)44-31-41(22-24-46(44)72-55)70-53(62)56-33-36-12-4-3-5-13-36/h2-5,12-13,17-24,29-31,38,42,49-52,60-61H,1,6-11,14-16,25-28,32-35H2,(H,56,62). The third-order valence-corrected chi connectivity index (χ3v) is 14.2. The summed E-state index contributed by atoms with van der Waals surface area (Å²) in [5, 5.41) is 39.5. The van der Waals surface area contributed by atoms with Crippen LogP contribution in [0.1, 0.15) is 86.8 Å². The lowest BCUT2D eigenvalue weighted by Crippen LogP contribution is -2.70. The van der Waals surface area contributed by atoms with Crippen LogP contribution in [-0.4, -0.2) is 89.3 Å². The van der Waals surface area contributed by atoms with E-state index < -0.39 is 47.1 Å². The van der Waals surface area contributed by atoms with Gasteiger partial charge < -0.3 is 53.5 Å². The maximum Gasteiger partial charge on any atom is 0.416 e. The molecule has 0 bridgehead atoms. The van der Waals surface area contributed by atoms with Crippen LogP contribution in [0.5, 0.6) is 28.7 Å². The van der Waals surface area contributed by atoms with Crippen LogP contribution in [0.3, 0.4) is 0 Å². The molecule has 0 radical (unpaired) electrons. The Hall–Kier alpha value is -6.99. The summed E-state index contributed by atoms with van der Waals surface area (Å²) in [5.41, 5.74) is 3.45. The van der Waals surface area contributed by atoms with Crippen LogP contribution in [0.25, 0.3) is 0 Å². The SMILES string of the molecule is C=CCOC12Oc3ccc(OC(=O)NCc4ccccc4)cc3C3C(CCCCO)C(CCCCO)C=C(C(=NOC4CCCCO4)CC1N(Cc1ccc4c(c1)OCO4)C(=O)Oc1ccc([N+](=O)[O-])cc1)C32. The van der Waals surface area contributed by atoms with Crippen LogP contribution in [0.4, 0.5) is 15.3 Å². The predicted octanol–water partition coefficient (Wildman–Crippen LogP) is 9.47. The van der Waals surface area contributed by atoms with Crippen molar-refractivity contribution in [2.75, 3.05) is 33.2 Å². The second kappa shape index (κ2) is 23.7. The minimum atomic E-state index is -1.69. The van der Waals surface area contributed by atoms with E-state index in [1.165, 1.54) is 29.2 Å². The van der Waals surface area contributed by atoms with Gasteiger partial charge in [0.15, 0.2) is 11.5 Å². The Bertz CT molecular complexity index is 2640. The van der Waals surface area contributed by atoms with Gasteiger partial charge in [-0.3, -0.25) is 15.0 Å². The molecular formula is C55H62N4O14. The van der Waals surface area contributed by atoms with Gasteiger partial charge in [-0.25, -0.2) is 9.59 Å². The number of fused-ring (bicyclic) bond motifs is 3. The van der Waals surface area contributed by atoms with Crippen LogP contribution in [0.2, 0.25) is 0 Å². The third-order valence-electron chi connectivity index (χ3n) is 14.2. The van der Waals surface area contributed by atoms with E-state index in [2.05, 4.69) is 18.0 Å². The van der Waals surface area contributed by atoms with Gasteiger partial charge >= 0.3 is 12.2 Å². The van der Waals surface area contributed by atoms with Crippen LogP contribution < -0.4 is 29.0 Å². The van der Waals surface area contributed by atoms with Crippen LogP contribution >= 0.6 is 0 Å². The van der Waals surface area contributed by atoms with Gasteiger partial charge in [0, 0.05) is 62.8 Å². The zero-order chi connectivity index (χ0) is 50.7. The number of carbonyl (C=O) groups excluding carboxylic acids is 2. The zero-order valence-electron chi connectivity index (χ0n) is 40.6. The summed E-state index contributed by atoms with van der Waals surface area (Å²) in [6.07, 6.45) is 8.19. The summed E-state index contributed by atoms with van der Waals surface area (Å²) in [4.78, 5) is 47.6. The molecule has 1 saturated heterocycles. The molecule has 3 aliphatic heterocycles. The van der Waals surface area contributed by atoms with Gasteiger partial charge in [0.05, 0.1) is 29.8 Å². The van der Waals surface area contributed by atoms with Gasteiger partial charge in [-0.15, -0.1) is 6.58 Å². The number of hydrogen-bond donors (Lipinski definition) is 3. The lowest BCUT2D eigenvalue weighted by Gasteiger charge is -2.59. The number of unbranched alkanes of at least 4 members (excludes halogenated alkanes) is 2. The van der Waals surface area contributed by atoms with E-state index >= 15 is 4.79 Å². The topological polar surface area (TPSA) is 219 Å². The Kier molecular flexibility index (Phi) is 16.5. The maximum atomic E-state index is 15.3. The highest BCUT2D eigenvalue weighted by atomic mass is 16.8. The molecule has 18 nitrogen and oxygen atoms in total. The van der Waals surface area contributed by atoms with Gasteiger partial charge in [-0.1, -0.05) is 66.5 Å². The number of oxime groups is 1. The van der Waals surface area contributed by atoms with E-state index in [0.717, 1.165) is 36.0 Å². The smallest absolute Gasteiger partial charge is 0.416 e. The van der Waals surface area contributed by atoms with Gasteiger partial charge in [0.1, 0.15) is 23.3 Å². The molecule has 2 fully saturated rings. The van der Waals surface area contributed by atoms with Crippen molar-refractivity contribution in [3.63, 3.8) is 0 Å². The minimum absolute atomic E-state index is 0.00436. The number of ether oxygens (including phenoxy) is 7. The fourth-order valence-corrected chi connectivity index (χ4v) is 10.9. The first-order valence-electron chi connectivity index (χ1n) is 25.1. The van der Waals surface area contributed by atoms with Gasteiger partial charge in [-0.2, -0.15) is 0 Å². The average Bonchev–Trinajstić information content (AvgIpc) is 3.89. The Morgan fingerprint density at radius 3 is 2.41 bits per heavy atom. The number of rotatable bonds is 21. The Morgan fingerprint density at radius 2 is 1.66 bits per heavy atom. The molecule has 2 amide bonds. The number of nitro groups is 1. The molecule has 4 aromatic carbocycles. The van der Waals surface area contributed by atoms with Crippen LogP contribution in [0, 0.1) is 27.9 Å². The Labute approximate surface area is 423 Å². The first-order chi connectivity index (χ1) is 35.7. The number of nitrogens with one attached hydrogen (secondary N) is 1. The summed E-state index contributed by atoms with van der Waals surface area (Å²) < 4.78 is 44.1. The van der Waals surface area contributed by atoms with E-state index in [1.54, 1.807) is 30.3 Å². The Balaban J connectivity index is 1.21. The molecule has 3 heterocycles. The number of amides is 2. The number of aliphatic hydroxyl groups excluding tert-OH is 2. The molecule has 3 N–H and O–H groups in total. The van der Waals surface area contributed by atoms with Crippen molar-refractivity contribution in [1.82, 2.24) is 10.2 Å². The fourth-order valence-electron chi connectivity index (χ4n) is 10.9. The van der Waals surface area contributed by atoms with Gasteiger partial charge in [-0.05, 0) is 110 Å². The normalized spacial score (nSPS) is 24.0. The summed E-state index contributed by atoms with van der Waals surface area (Å²) in [7, 11) is 0. The number of nitrogens with zero attached hydrogens (tertiary/aromatic N) is 3. The first kappa shape index (κ1) is 50.9. The first-order valence-corrected chi connectivity index (χ1v) is 25.1. The fraction of sp³-hybridized carbons (Fsp3) is 0.436. The number of benzene rings is 4. The van der Waals surface area contributed by atoms with E-state index in [-0.39, 0.29) is 75.1 Å². The van der Waals surface area contributed by atoms with Crippen molar-refractivity contribution in [1.29, 1.82) is 0 Å². The highest BCUT2D eigenvalue weighted by Gasteiger charge is 2.66. The minimum Gasteiger partial charge on any atom is -0.459 e. The number of carbonyl (C=O) groups is 2. The number of non-ortho nitro benzene ring substituents is 1. The number of allylic oxidation sites excluding steroid dienone is 1. The molecule has 2 aliphatic carbocycles. The predicted molar refractivity (Wildman–Crippen MR) is 266 cm³/mol. The molecule has 0 aromatic heterocycles. The monoisotopic (exact) mass is 1000 g/mol. The lowest BCUT2D eigenvalue weighted by atomic mass is 9.55. The number of aliphatic hydroxyl groups is 2. The van der Waals surface area contributed by atoms with Gasteiger partial charge in [0.25, 0.3) is 5.69 Å². The number of hydrogen-bond acceptors (Lipinski definition) is 15. The van der Waals surface area contributed by atoms with Crippen molar-refractivity contribution in [3.05, 3.63) is 142 Å². The van der Waals surface area contributed by atoms with Crippen molar-refractivity contribution in [2.45, 2.75) is 101 Å². The van der Waals surface area contributed by atoms with Crippen molar-refractivity contribution < 1.29 is 62.7 Å². The molecule has 4 aromatic rings. The summed E-state index contributed by atoms with van der Waals surface area (Å²) in [5.74, 6) is -1.22. The third kappa shape index (κ3) is 11.6. The molecule has 73 heavy (non-hydrogen) atoms. The van der Waals surface area contributed by atoms with E-state index in [9.17, 15) is 25.1 Å². The van der Waals surface area contributed by atoms with Gasteiger partial charge in [0.2, 0.25) is 18.9 Å². The quantitative estimate of drug-likeness (QED) is 0.0307. The molecule has 18 heteroatoms. The van der Waals surface area contributed by atoms with Crippen molar-refractivity contribution >= 4 is 23.6 Å². The molecule has 7 unspecified atom stereocenters. The summed E-state index contributed by atoms with van der Waals surface area (Å²) >= 11 is 0. The summed E-state index contributed by atoms with van der Waals surface area (Å²) in [6.45, 7) is 4.81.